The second kappa shape index (κ2) is 6.17. The number of carbonyl (C=O) groups is 1. The fourth-order valence-electron chi connectivity index (χ4n) is 1.65. The van der Waals surface area contributed by atoms with Gasteiger partial charge < -0.3 is 10.0 Å². The second-order valence-electron chi connectivity index (χ2n) is 3.56. The van der Waals surface area contributed by atoms with E-state index < -0.39 is 5.97 Å². The van der Waals surface area contributed by atoms with Crippen LogP contribution in [0.3, 0.4) is 0 Å². The van der Waals surface area contributed by atoms with Gasteiger partial charge in [0.1, 0.15) is 5.56 Å². The number of nitrogens with zero attached hydrogens (tertiary/aromatic N) is 1. The Morgan fingerprint density at radius 1 is 1.59 bits per heavy atom. The molecule has 0 fully saturated rings. The van der Waals surface area contributed by atoms with Crippen LogP contribution in [0.25, 0.3) is 0 Å². The van der Waals surface area contributed by atoms with Gasteiger partial charge in [0.25, 0.3) is 0 Å². The van der Waals surface area contributed by atoms with Gasteiger partial charge in [-0.05, 0) is 18.6 Å². The summed E-state index contributed by atoms with van der Waals surface area (Å²) in [5.41, 5.74) is 0.683. The molecule has 0 unspecified atom stereocenters. The fourth-order valence-corrected chi connectivity index (χ4v) is 1.90. The maximum Gasteiger partial charge on any atom is 0.339 e. The molecular formula is C13H14ClNO2. The number of benzene rings is 1. The first-order valence-electron chi connectivity index (χ1n) is 5.32. The summed E-state index contributed by atoms with van der Waals surface area (Å²) >= 11 is 5.91. The molecule has 1 N–H and O–H groups in total. The monoisotopic (exact) mass is 251 g/mol. The van der Waals surface area contributed by atoms with Gasteiger partial charge in [0.15, 0.2) is 0 Å². The summed E-state index contributed by atoms with van der Waals surface area (Å²) in [6.07, 6.45) is 6.17. The Kier molecular flexibility index (Phi) is 4.86. The quantitative estimate of drug-likeness (QED) is 0.818. The lowest BCUT2D eigenvalue weighted by molar-refractivity contribution is 0.0697. The smallest absolute Gasteiger partial charge is 0.339 e. The third-order valence-corrected chi connectivity index (χ3v) is 2.64. The van der Waals surface area contributed by atoms with Crippen molar-refractivity contribution in [1.82, 2.24) is 0 Å². The molecule has 0 atom stereocenters. The Bertz CT molecular complexity index is 451. The van der Waals surface area contributed by atoms with Crippen molar-refractivity contribution in [1.29, 1.82) is 0 Å². The number of terminal acetylenes is 1. The number of anilines is 1. The first kappa shape index (κ1) is 13.4. The number of rotatable bonds is 5. The van der Waals surface area contributed by atoms with Crippen LogP contribution < -0.4 is 4.90 Å². The van der Waals surface area contributed by atoms with Gasteiger partial charge in [0, 0.05) is 6.54 Å². The van der Waals surface area contributed by atoms with E-state index >= 15 is 0 Å². The molecule has 3 nitrogen and oxygen atoms in total. The molecule has 4 heteroatoms. The third kappa shape index (κ3) is 3.15. The summed E-state index contributed by atoms with van der Waals surface area (Å²) in [4.78, 5) is 13.0. The third-order valence-electron chi connectivity index (χ3n) is 2.32. The highest BCUT2D eigenvalue weighted by atomic mass is 35.5. The molecule has 0 amide bonds. The topological polar surface area (TPSA) is 40.5 Å². The predicted octanol–water partition coefficient (Wildman–Crippen LogP) is 2.89. The zero-order valence-corrected chi connectivity index (χ0v) is 10.4. The van der Waals surface area contributed by atoms with Gasteiger partial charge in [0.2, 0.25) is 0 Å². The Morgan fingerprint density at radius 2 is 2.29 bits per heavy atom. The van der Waals surface area contributed by atoms with Crippen LogP contribution in [0.2, 0.25) is 5.02 Å². The molecule has 0 aromatic heterocycles. The van der Waals surface area contributed by atoms with Crippen LogP contribution >= 0.6 is 11.6 Å². The van der Waals surface area contributed by atoms with E-state index in [1.165, 1.54) is 0 Å². The van der Waals surface area contributed by atoms with Crippen molar-refractivity contribution in [2.75, 3.05) is 18.0 Å². The lowest BCUT2D eigenvalue weighted by Gasteiger charge is -2.23. The van der Waals surface area contributed by atoms with Crippen LogP contribution in [0.15, 0.2) is 18.2 Å². The zero-order valence-electron chi connectivity index (χ0n) is 9.61. The molecule has 0 aliphatic carbocycles. The van der Waals surface area contributed by atoms with Crippen molar-refractivity contribution in [3.05, 3.63) is 28.8 Å². The van der Waals surface area contributed by atoms with Crippen LogP contribution in [0, 0.1) is 12.3 Å². The first-order valence-corrected chi connectivity index (χ1v) is 5.69. The SMILES string of the molecule is C#CCN(CCC)c1cccc(Cl)c1C(=O)O. The van der Waals surface area contributed by atoms with Gasteiger partial charge in [-0.3, -0.25) is 0 Å². The maximum atomic E-state index is 11.2. The van der Waals surface area contributed by atoms with E-state index in [4.69, 9.17) is 23.1 Å². The highest BCUT2D eigenvalue weighted by Crippen LogP contribution is 2.27. The summed E-state index contributed by atoms with van der Waals surface area (Å²) < 4.78 is 0. The molecule has 1 aromatic rings. The molecule has 90 valence electrons. The molecule has 0 saturated heterocycles. The van der Waals surface area contributed by atoms with E-state index in [9.17, 15) is 4.79 Å². The van der Waals surface area contributed by atoms with Gasteiger partial charge in [-0.1, -0.05) is 30.5 Å². The van der Waals surface area contributed by atoms with Gasteiger partial charge in [-0.15, -0.1) is 6.42 Å². The number of hydrogen-bond donors (Lipinski definition) is 1. The second-order valence-corrected chi connectivity index (χ2v) is 3.97. The lowest BCUT2D eigenvalue weighted by atomic mass is 10.1. The van der Waals surface area contributed by atoms with E-state index in [-0.39, 0.29) is 10.6 Å². The van der Waals surface area contributed by atoms with Crippen molar-refractivity contribution in [2.24, 2.45) is 0 Å². The number of hydrogen-bond acceptors (Lipinski definition) is 2. The number of halogens is 1. The van der Waals surface area contributed by atoms with Crippen molar-refractivity contribution in [3.63, 3.8) is 0 Å². The average Bonchev–Trinajstić information content (AvgIpc) is 2.28. The number of carboxylic acids is 1. The summed E-state index contributed by atoms with van der Waals surface area (Å²) in [6.45, 7) is 3.08. The molecule has 0 heterocycles. The molecule has 0 spiro atoms. The van der Waals surface area contributed by atoms with Crippen molar-refractivity contribution >= 4 is 23.3 Å². The van der Waals surface area contributed by atoms with Crippen molar-refractivity contribution < 1.29 is 9.90 Å². The fraction of sp³-hybridized carbons (Fsp3) is 0.308. The predicted molar refractivity (Wildman–Crippen MR) is 69.7 cm³/mol. The van der Waals surface area contributed by atoms with Crippen LogP contribution in [-0.2, 0) is 0 Å². The molecule has 1 rings (SSSR count). The molecule has 0 bridgehead atoms. The maximum absolute atomic E-state index is 11.2. The minimum absolute atomic E-state index is 0.109. The van der Waals surface area contributed by atoms with Gasteiger partial charge in [0.05, 0.1) is 17.3 Å². The minimum Gasteiger partial charge on any atom is -0.478 e. The van der Waals surface area contributed by atoms with Crippen LogP contribution in [-0.4, -0.2) is 24.2 Å². The normalized spacial score (nSPS) is 9.71. The summed E-state index contributed by atoms with van der Waals surface area (Å²) in [5.74, 6) is 1.49. The van der Waals surface area contributed by atoms with E-state index in [0.29, 0.717) is 18.8 Å². The highest BCUT2D eigenvalue weighted by molar-refractivity contribution is 6.34. The van der Waals surface area contributed by atoms with Gasteiger partial charge in [-0.25, -0.2) is 4.79 Å². The molecule has 1 aromatic carbocycles. The largest absolute Gasteiger partial charge is 0.478 e. The van der Waals surface area contributed by atoms with E-state index in [1.54, 1.807) is 18.2 Å². The highest BCUT2D eigenvalue weighted by Gasteiger charge is 2.18. The standard InChI is InChI=1S/C13H14ClNO2/c1-3-8-15(9-4-2)11-7-5-6-10(14)12(11)13(16)17/h1,5-7H,4,8-9H2,2H3,(H,16,17). The van der Waals surface area contributed by atoms with Crippen LogP contribution in [0.4, 0.5) is 5.69 Å². The van der Waals surface area contributed by atoms with Crippen molar-refractivity contribution in [2.45, 2.75) is 13.3 Å². The van der Waals surface area contributed by atoms with E-state index in [0.717, 1.165) is 6.42 Å². The minimum atomic E-state index is -1.04. The molecule has 0 aliphatic rings. The van der Waals surface area contributed by atoms with Crippen molar-refractivity contribution in [3.8, 4) is 12.3 Å². The molecular weight excluding hydrogens is 238 g/mol. The summed E-state index contributed by atoms with van der Waals surface area (Å²) in [6, 6.07) is 5.01. The Balaban J connectivity index is 3.23. The number of aromatic carboxylic acids is 1. The summed E-state index contributed by atoms with van der Waals surface area (Å²) in [5, 5.41) is 9.40. The summed E-state index contributed by atoms with van der Waals surface area (Å²) in [7, 11) is 0. The van der Waals surface area contributed by atoms with Crippen LogP contribution in [0.5, 0.6) is 0 Å². The first-order chi connectivity index (χ1) is 8.11. The Morgan fingerprint density at radius 3 is 2.82 bits per heavy atom. The van der Waals surface area contributed by atoms with Crippen LogP contribution in [0.1, 0.15) is 23.7 Å². The molecule has 0 saturated carbocycles. The average molecular weight is 252 g/mol. The van der Waals surface area contributed by atoms with E-state index in [1.807, 2.05) is 11.8 Å². The Hall–Kier alpha value is -1.66. The molecule has 0 aliphatic heterocycles. The van der Waals surface area contributed by atoms with E-state index in [2.05, 4.69) is 5.92 Å². The molecule has 17 heavy (non-hydrogen) atoms. The molecule has 0 radical (unpaired) electrons. The van der Waals surface area contributed by atoms with Gasteiger partial charge in [-0.2, -0.15) is 0 Å². The lowest BCUT2D eigenvalue weighted by Crippen LogP contribution is -2.26. The Labute approximate surface area is 106 Å². The zero-order chi connectivity index (χ0) is 12.8. The number of carboxylic acid groups (broad SMARTS) is 1. The van der Waals surface area contributed by atoms with Gasteiger partial charge >= 0.3 is 5.97 Å².